The van der Waals surface area contributed by atoms with Crippen LogP contribution in [0.1, 0.15) is 12.0 Å². The van der Waals surface area contributed by atoms with Crippen molar-refractivity contribution < 1.29 is 9.59 Å². The highest BCUT2D eigenvalue weighted by Gasteiger charge is 2.33. The van der Waals surface area contributed by atoms with Gasteiger partial charge in [0.05, 0.1) is 11.6 Å². The zero-order valence-corrected chi connectivity index (χ0v) is 13.0. The van der Waals surface area contributed by atoms with E-state index in [2.05, 4.69) is 10.7 Å². The van der Waals surface area contributed by atoms with E-state index in [1.807, 2.05) is 61.5 Å². The first kappa shape index (κ1) is 15.2. The van der Waals surface area contributed by atoms with Crippen molar-refractivity contribution in [2.45, 2.75) is 13.3 Å². The Kier molecular flexibility index (Phi) is 4.39. The Hall–Kier alpha value is -2.66. The number of carbonyl (C=O) groups excluding carboxylic acids is 2. The summed E-state index contributed by atoms with van der Waals surface area (Å²) >= 11 is 0. The van der Waals surface area contributed by atoms with Crippen molar-refractivity contribution in [3.8, 4) is 0 Å². The van der Waals surface area contributed by atoms with E-state index in [4.69, 9.17) is 0 Å². The van der Waals surface area contributed by atoms with Crippen LogP contribution in [-0.2, 0) is 9.59 Å². The maximum atomic E-state index is 12.4. The Morgan fingerprint density at radius 3 is 2.74 bits per heavy atom. The molecule has 1 aliphatic rings. The second kappa shape index (κ2) is 6.62. The lowest BCUT2D eigenvalue weighted by Gasteiger charge is -2.16. The van der Waals surface area contributed by atoms with Gasteiger partial charge in [-0.1, -0.05) is 30.3 Å². The van der Waals surface area contributed by atoms with E-state index in [-0.39, 0.29) is 24.2 Å². The second-order valence-corrected chi connectivity index (χ2v) is 5.69. The van der Waals surface area contributed by atoms with Crippen molar-refractivity contribution in [1.82, 2.24) is 5.43 Å². The van der Waals surface area contributed by atoms with Crippen LogP contribution in [0.25, 0.3) is 0 Å². The molecule has 0 saturated carbocycles. The lowest BCUT2D eigenvalue weighted by molar-refractivity contribution is -0.124. The average molecular weight is 309 g/mol. The van der Waals surface area contributed by atoms with Gasteiger partial charge in [0, 0.05) is 18.7 Å². The zero-order valence-electron chi connectivity index (χ0n) is 13.0. The van der Waals surface area contributed by atoms with Gasteiger partial charge in [-0.15, -0.1) is 0 Å². The van der Waals surface area contributed by atoms with Crippen LogP contribution in [0.2, 0.25) is 0 Å². The summed E-state index contributed by atoms with van der Waals surface area (Å²) < 4.78 is 0. The third-order valence-electron chi connectivity index (χ3n) is 3.81. The fourth-order valence-corrected chi connectivity index (χ4v) is 2.66. The van der Waals surface area contributed by atoms with Crippen LogP contribution in [0.3, 0.4) is 0 Å². The van der Waals surface area contributed by atoms with Crippen LogP contribution in [0.15, 0.2) is 54.6 Å². The third kappa shape index (κ3) is 3.57. The number of hydrazine groups is 1. The summed E-state index contributed by atoms with van der Waals surface area (Å²) in [6.07, 6.45) is 0.170. The highest BCUT2D eigenvalue weighted by Crippen LogP contribution is 2.21. The normalized spacial score (nSPS) is 17.3. The number of para-hydroxylation sites is 1. The van der Waals surface area contributed by atoms with Gasteiger partial charge in [-0.2, -0.15) is 0 Å². The van der Waals surface area contributed by atoms with Crippen LogP contribution < -0.4 is 15.8 Å². The van der Waals surface area contributed by atoms with Crippen molar-refractivity contribution in [2.24, 2.45) is 5.92 Å². The van der Waals surface area contributed by atoms with Crippen LogP contribution in [0, 0.1) is 12.8 Å². The Balaban J connectivity index is 1.60. The summed E-state index contributed by atoms with van der Waals surface area (Å²) in [5.41, 5.74) is 5.68. The minimum Gasteiger partial charge on any atom is -0.326 e. The second-order valence-electron chi connectivity index (χ2n) is 5.69. The van der Waals surface area contributed by atoms with E-state index >= 15 is 0 Å². The summed E-state index contributed by atoms with van der Waals surface area (Å²) in [6.45, 7) is 2.44. The molecule has 0 aliphatic carbocycles. The molecule has 2 amide bonds. The van der Waals surface area contributed by atoms with Gasteiger partial charge in [-0.05, 0) is 36.8 Å². The highest BCUT2D eigenvalue weighted by atomic mass is 16.2. The van der Waals surface area contributed by atoms with Crippen LogP contribution in [0.4, 0.5) is 11.4 Å². The van der Waals surface area contributed by atoms with Crippen LogP contribution >= 0.6 is 0 Å². The number of aryl methyl sites for hydroxylation is 1. The number of hydrogen-bond acceptors (Lipinski definition) is 3. The number of amides is 2. The average Bonchev–Trinajstić information content (AvgIpc) is 2.89. The molecule has 1 saturated heterocycles. The number of rotatable bonds is 4. The van der Waals surface area contributed by atoms with Crippen molar-refractivity contribution in [3.63, 3.8) is 0 Å². The number of benzene rings is 2. The molecular weight excluding hydrogens is 290 g/mol. The molecule has 1 aliphatic heterocycles. The minimum absolute atomic E-state index is 0.0735. The Bertz CT molecular complexity index is 715. The first-order chi connectivity index (χ1) is 11.1. The number of carbonyl (C=O) groups is 2. The molecule has 1 fully saturated rings. The topological polar surface area (TPSA) is 61.4 Å². The molecule has 1 unspecified atom stereocenters. The molecule has 5 nitrogen and oxygen atoms in total. The maximum Gasteiger partial charge on any atom is 0.246 e. The Morgan fingerprint density at radius 2 is 2.00 bits per heavy atom. The fourth-order valence-electron chi connectivity index (χ4n) is 2.66. The fraction of sp³-hybridized carbons (Fsp3) is 0.222. The van der Waals surface area contributed by atoms with Crippen LogP contribution in [-0.4, -0.2) is 18.4 Å². The van der Waals surface area contributed by atoms with Crippen molar-refractivity contribution in [3.05, 3.63) is 60.2 Å². The molecule has 0 spiro atoms. The molecule has 0 radical (unpaired) electrons. The first-order valence-electron chi connectivity index (χ1n) is 7.62. The first-order valence-corrected chi connectivity index (χ1v) is 7.62. The molecule has 0 aromatic heterocycles. The van der Waals surface area contributed by atoms with E-state index in [0.717, 1.165) is 16.9 Å². The minimum atomic E-state index is -0.347. The van der Waals surface area contributed by atoms with Gasteiger partial charge in [0.15, 0.2) is 0 Å². The number of anilines is 2. The zero-order chi connectivity index (χ0) is 16.2. The van der Waals surface area contributed by atoms with Crippen molar-refractivity contribution >= 4 is 23.2 Å². The van der Waals surface area contributed by atoms with E-state index in [0.29, 0.717) is 6.54 Å². The van der Waals surface area contributed by atoms with Gasteiger partial charge in [0.2, 0.25) is 11.8 Å². The lowest BCUT2D eigenvalue weighted by Crippen LogP contribution is -2.34. The molecule has 2 N–H and O–H groups in total. The van der Waals surface area contributed by atoms with Crippen molar-refractivity contribution in [1.29, 1.82) is 0 Å². The SMILES string of the molecule is Cc1cccc(NC(=O)CC2CNN(c3ccccc3)C2=O)c1. The molecule has 2 aromatic carbocycles. The summed E-state index contributed by atoms with van der Waals surface area (Å²) in [7, 11) is 0. The smallest absolute Gasteiger partial charge is 0.246 e. The van der Waals surface area contributed by atoms with E-state index in [1.54, 1.807) is 0 Å². The molecule has 2 aromatic rings. The molecular formula is C18H19N3O2. The molecule has 3 rings (SSSR count). The van der Waals surface area contributed by atoms with Gasteiger partial charge in [-0.25, -0.2) is 10.4 Å². The van der Waals surface area contributed by atoms with Crippen LogP contribution in [0.5, 0.6) is 0 Å². The van der Waals surface area contributed by atoms with Gasteiger partial charge in [0.1, 0.15) is 0 Å². The lowest BCUT2D eigenvalue weighted by atomic mass is 10.1. The maximum absolute atomic E-state index is 12.4. The van der Waals surface area contributed by atoms with Gasteiger partial charge >= 0.3 is 0 Å². The van der Waals surface area contributed by atoms with Crippen molar-refractivity contribution in [2.75, 3.05) is 16.9 Å². The van der Waals surface area contributed by atoms with Gasteiger partial charge in [0.25, 0.3) is 0 Å². The monoisotopic (exact) mass is 309 g/mol. The quantitative estimate of drug-likeness (QED) is 0.912. The summed E-state index contributed by atoms with van der Waals surface area (Å²) in [6, 6.07) is 17.0. The largest absolute Gasteiger partial charge is 0.326 e. The number of nitrogens with zero attached hydrogens (tertiary/aromatic N) is 1. The molecule has 5 heteroatoms. The predicted octanol–water partition coefficient (Wildman–Crippen LogP) is 2.49. The molecule has 23 heavy (non-hydrogen) atoms. The van der Waals surface area contributed by atoms with Gasteiger partial charge in [-0.3, -0.25) is 9.59 Å². The highest BCUT2D eigenvalue weighted by molar-refractivity contribution is 6.00. The summed E-state index contributed by atoms with van der Waals surface area (Å²) in [5.74, 6) is -0.568. The Morgan fingerprint density at radius 1 is 1.22 bits per heavy atom. The molecule has 1 atom stereocenters. The Labute approximate surface area is 135 Å². The third-order valence-corrected chi connectivity index (χ3v) is 3.81. The van der Waals surface area contributed by atoms with E-state index in [1.165, 1.54) is 5.01 Å². The van der Waals surface area contributed by atoms with E-state index < -0.39 is 0 Å². The molecule has 118 valence electrons. The number of nitrogens with one attached hydrogen (secondary N) is 2. The van der Waals surface area contributed by atoms with Gasteiger partial charge < -0.3 is 5.32 Å². The molecule has 1 heterocycles. The summed E-state index contributed by atoms with van der Waals surface area (Å²) in [4.78, 5) is 24.6. The molecule has 0 bridgehead atoms. The standard InChI is InChI=1S/C18H19N3O2/c1-13-6-5-7-15(10-13)20-17(22)11-14-12-19-21(18(14)23)16-8-3-2-4-9-16/h2-10,14,19H,11-12H2,1H3,(H,20,22). The predicted molar refractivity (Wildman–Crippen MR) is 89.8 cm³/mol. The number of hydrogen-bond donors (Lipinski definition) is 2. The van der Waals surface area contributed by atoms with E-state index in [9.17, 15) is 9.59 Å². The summed E-state index contributed by atoms with van der Waals surface area (Å²) in [5, 5.41) is 4.37.